The lowest BCUT2D eigenvalue weighted by atomic mass is 10.1. The van der Waals surface area contributed by atoms with E-state index in [1.54, 1.807) is 48.5 Å². The van der Waals surface area contributed by atoms with Crippen LogP contribution in [0, 0.1) is 23.0 Å². The molecule has 4 N–H and O–H groups in total. The van der Waals surface area contributed by atoms with Crippen LogP contribution in [0.1, 0.15) is 59.7 Å². The zero-order chi connectivity index (χ0) is 48.0. The molecule has 2 saturated heterocycles. The molecule has 4 heterocycles. The lowest BCUT2D eigenvalue weighted by molar-refractivity contribution is 0.0941. The molecular weight excluding hydrogens is 869 g/mol. The molecule has 0 radical (unpaired) electrons. The number of urea groups is 1. The highest BCUT2D eigenvalue weighted by atomic mass is 19.1. The summed E-state index contributed by atoms with van der Waals surface area (Å²) < 4.78 is 37.6. The topological polar surface area (TPSA) is 179 Å². The number of nitrogens with zero attached hydrogens (tertiary/aromatic N) is 6. The second-order valence-corrected chi connectivity index (χ2v) is 16.6. The Morgan fingerprint density at radius 3 is 1.71 bits per heavy atom. The van der Waals surface area contributed by atoms with Gasteiger partial charge in [0.05, 0.1) is 11.4 Å². The van der Waals surface area contributed by atoms with Gasteiger partial charge < -0.3 is 40.5 Å². The van der Waals surface area contributed by atoms with E-state index in [-0.39, 0.29) is 40.9 Å². The summed E-state index contributed by atoms with van der Waals surface area (Å²) in [5, 5.41) is 15.3. The number of ether oxygens (including phenoxy) is 2. The second kappa shape index (κ2) is 23.0. The molecule has 2 aliphatic heterocycles. The Bertz CT molecular complexity index is 2700. The number of anilines is 1. The van der Waals surface area contributed by atoms with E-state index in [1.165, 1.54) is 61.7 Å². The Balaban J connectivity index is 0.000000201. The number of primary amides is 1. The van der Waals surface area contributed by atoms with Gasteiger partial charge >= 0.3 is 6.03 Å². The lowest BCUT2D eigenvalue weighted by Crippen LogP contribution is -2.52. The summed E-state index contributed by atoms with van der Waals surface area (Å²) in [4.78, 5) is 52.1. The molecule has 2 aromatic heterocycles. The highest BCUT2D eigenvalue weighted by Crippen LogP contribution is 2.30. The van der Waals surface area contributed by atoms with Gasteiger partial charge in [-0.3, -0.25) is 9.59 Å². The number of carbonyl (C=O) groups is 3. The Morgan fingerprint density at radius 1 is 0.691 bits per heavy atom. The average molecular weight is 922 g/mol. The number of piperazine rings is 1. The molecule has 0 spiro atoms. The molecule has 0 aliphatic carbocycles. The average Bonchev–Trinajstić information content (AvgIpc) is 3.36. The number of hydrogen-bond acceptors (Lipinski definition) is 10. The van der Waals surface area contributed by atoms with E-state index >= 15 is 0 Å². The van der Waals surface area contributed by atoms with E-state index in [9.17, 15) is 28.4 Å². The van der Waals surface area contributed by atoms with E-state index in [2.05, 4.69) is 36.5 Å². The number of nitriles is 1. The maximum absolute atomic E-state index is 13.1. The molecular formula is C52H53F2N9O5. The van der Waals surface area contributed by atoms with Crippen LogP contribution in [0.2, 0.25) is 0 Å². The number of nitrogens with two attached hydrogens (primary N) is 1. The number of amides is 4. The number of piperidine rings is 1. The van der Waals surface area contributed by atoms with Gasteiger partial charge in [0, 0.05) is 67.7 Å². The van der Waals surface area contributed by atoms with Crippen molar-refractivity contribution in [1.29, 1.82) is 5.26 Å². The summed E-state index contributed by atoms with van der Waals surface area (Å²) >= 11 is 0. The van der Waals surface area contributed by atoms with Crippen LogP contribution in [0.4, 0.5) is 19.3 Å². The summed E-state index contributed by atoms with van der Waals surface area (Å²) in [6.07, 6.45) is 3.63. The first-order chi connectivity index (χ1) is 32.9. The van der Waals surface area contributed by atoms with Gasteiger partial charge in [0.25, 0.3) is 5.91 Å². The first-order valence-electron chi connectivity index (χ1n) is 22.5. The number of aromatic nitrogens is 2. The maximum Gasteiger partial charge on any atom is 0.317 e. The van der Waals surface area contributed by atoms with Crippen molar-refractivity contribution < 1.29 is 32.6 Å². The van der Waals surface area contributed by atoms with E-state index in [4.69, 9.17) is 15.2 Å². The molecule has 4 amide bonds. The van der Waals surface area contributed by atoms with Gasteiger partial charge in [-0.05, 0) is 161 Å². The number of carbonyl (C=O) groups excluding carboxylic acids is 3. The minimum atomic E-state index is -0.637. The van der Waals surface area contributed by atoms with Crippen LogP contribution in [0.3, 0.4) is 0 Å². The van der Waals surface area contributed by atoms with E-state index in [1.807, 2.05) is 49.1 Å². The van der Waals surface area contributed by atoms with Crippen LogP contribution in [0.5, 0.6) is 23.0 Å². The van der Waals surface area contributed by atoms with E-state index in [0.29, 0.717) is 78.4 Å². The smallest absolute Gasteiger partial charge is 0.317 e. The number of hydrogen-bond donors (Lipinski definition) is 3. The first-order valence-corrected chi connectivity index (χ1v) is 22.5. The molecule has 8 rings (SSSR count). The number of nitrogens with one attached hydrogen (secondary N) is 2. The van der Waals surface area contributed by atoms with Crippen LogP contribution in [-0.4, -0.2) is 96.0 Å². The third-order valence-electron chi connectivity index (χ3n) is 11.2. The molecule has 4 aromatic carbocycles. The van der Waals surface area contributed by atoms with Crippen molar-refractivity contribution in [2.45, 2.75) is 39.2 Å². The summed E-state index contributed by atoms with van der Waals surface area (Å²) in [6, 6.07) is 34.8. The van der Waals surface area contributed by atoms with Crippen molar-refractivity contribution >= 4 is 23.5 Å². The molecule has 0 atom stereocenters. The summed E-state index contributed by atoms with van der Waals surface area (Å²) in [6.45, 7) is 9.83. The van der Waals surface area contributed by atoms with Gasteiger partial charge in [0.2, 0.25) is 5.91 Å². The van der Waals surface area contributed by atoms with Crippen LogP contribution in [-0.2, 0) is 0 Å². The van der Waals surface area contributed by atoms with Gasteiger partial charge in [0.1, 0.15) is 52.1 Å². The fraction of sp³-hybridized carbons (Fsp3) is 0.269. The predicted octanol–water partition coefficient (Wildman–Crippen LogP) is 8.79. The summed E-state index contributed by atoms with van der Waals surface area (Å²) in [5.41, 5.74) is 9.74. The van der Waals surface area contributed by atoms with Crippen LogP contribution in [0.25, 0.3) is 22.5 Å². The Hall–Kier alpha value is -7.90. The Labute approximate surface area is 394 Å². The standard InChI is InChI=1S/C26H26FN5O2.C26H27FN4O3/c1-18(2)29-26(33)32-13-11-31(12-14-32)22-15-21(17-28)30-25(16-22)19-3-7-23(8-4-19)34-24-9-5-20(27)6-10-24;27-20-6-10-22(11-7-20)34-21-8-4-18(5-9-21)23-16-19(25(28)32)17-24(30-23)26(33)29-12-15-31-13-2-1-3-14-31/h3-10,15-16,18H,11-14H2,1-2H3,(H,29,33);4-11,16-17H,1-3,12-15H2,(H2,28,32)(H,29,33). The normalized spacial score (nSPS) is 13.7. The molecule has 16 heteroatoms. The fourth-order valence-corrected chi connectivity index (χ4v) is 7.61. The minimum Gasteiger partial charge on any atom is -0.457 e. The number of halogens is 2. The van der Waals surface area contributed by atoms with Gasteiger partial charge in [-0.1, -0.05) is 6.42 Å². The molecule has 68 heavy (non-hydrogen) atoms. The van der Waals surface area contributed by atoms with Crippen molar-refractivity contribution in [3.8, 4) is 51.6 Å². The number of rotatable bonds is 13. The quantitative estimate of drug-likeness (QED) is 0.101. The van der Waals surface area contributed by atoms with Crippen LogP contribution in [0.15, 0.2) is 121 Å². The molecule has 14 nitrogen and oxygen atoms in total. The second-order valence-electron chi connectivity index (χ2n) is 16.6. The fourth-order valence-electron chi connectivity index (χ4n) is 7.61. The molecule has 0 unspecified atom stereocenters. The Kier molecular flexibility index (Phi) is 16.3. The largest absolute Gasteiger partial charge is 0.457 e. The molecule has 0 saturated carbocycles. The van der Waals surface area contributed by atoms with Crippen molar-refractivity contribution in [3.05, 3.63) is 150 Å². The van der Waals surface area contributed by atoms with Crippen LogP contribution < -0.4 is 30.7 Å². The lowest BCUT2D eigenvalue weighted by Gasteiger charge is -2.36. The van der Waals surface area contributed by atoms with Gasteiger partial charge in [-0.25, -0.2) is 23.5 Å². The maximum atomic E-state index is 13.1. The van der Waals surface area contributed by atoms with Gasteiger partial charge in [-0.2, -0.15) is 5.26 Å². The third kappa shape index (κ3) is 13.6. The molecule has 2 aliphatic rings. The molecule has 0 bridgehead atoms. The Morgan fingerprint density at radius 2 is 1.21 bits per heavy atom. The minimum absolute atomic E-state index is 0.0503. The monoisotopic (exact) mass is 921 g/mol. The van der Waals surface area contributed by atoms with Crippen molar-refractivity contribution in [2.75, 3.05) is 57.3 Å². The van der Waals surface area contributed by atoms with Gasteiger partial charge in [-0.15, -0.1) is 0 Å². The zero-order valence-corrected chi connectivity index (χ0v) is 38.0. The summed E-state index contributed by atoms with van der Waals surface area (Å²) in [5.74, 6) is 0.574. The van der Waals surface area contributed by atoms with Crippen LogP contribution >= 0.6 is 0 Å². The van der Waals surface area contributed by atoms with Crippen molar-refractivity contribution in [3.63, 3.8) is 0 Å². The van der Waals surface area contributed by atoms with E-state index in [0.717, 1.165) is 30.9 Å². The number of likely N-dealkylation sites (tertiary alicyclic amines) is 1. The molecule has 350 valence electrons. The van der Waals surface area contributed by atoms with Gasteiger partial charge in [0.15, 0.2) is 0 Å². The highest BCUT2D eigenvalue weighted by molar-refractivity contribution is 5.99. The first kappa shape index (κ1) is 48.0. The van der Waals surface area contributed by atoms with Crippen molar-refractivity contribution in [1.82, 2.24) is 30.4 Å². The van der Waals surface area contributed by atoms with E-state index < -0.39 is 5.91 Å². The molecule has 2 fully saturated rings. The third-order valence-corrected chi connectivity index (χ3v) is 11.2. The zero-order valence-electron chi connectivity index (χ0n) is 38.0. The highest BCUT2D eigenvalue weighted by Gasteiger charge is 2.23. The summed E-state index contributed by atoms with van der Waals surface area (Å²) in [7, 11) is 0. The SMILES string of the molecule is CC(C)NC(=O)N1CCN(c2cc(C#N)nc(-c3ccc(Oc4ccc(F)cc4)cc3)c2)CC1.NC(=O)c1cc(C(=O)NCCN2CCCCC2)nc(-c2ccc(Oc3ccc(F)cc3)cc2)c1. The number of benzene rings is 4. The number of pyridine rings is 2. The molecule has 6 aromatic rings. The van der Waals surface area contributed by atoms with Crippen molar-refractivity contribution in [2.24, 2.45) is 5.73 Å². The predicted molar refractivity (Wildman–Crippen MR) is 256 cm³/mol.